The van der Waals surface area contributed by atoms with Crippen molar-refractivity contribution in [1.82, 2.24) is 0 Å². The maximum Gasteiger partial charge on any atom is 0.252 e. The third kappa shape index (κ3) is 6.83. The molecule has 7 rings (SSSR count). The molecule has 286 valence electrons. The molecule has 0 unspecified atom stereocenters. The van der Waals surface area contributed by atoms with Gasteiger partial charge in [-0.3, -0.25) is 0 Å². The Labute approximate surface area is 338 Å². The number of benzene rings is 2. The lowest BCUT2D eigenvalue weighted by Crippen LogP contribution is -2.59. The van der Waals surface area contributed by atoms with E-state index in [1.165, 1.54) is 92.6 Å². The fraction of sp³-hybridized carbons (Fsp3) is 0.633. The highest BCUT2D eigenvalue weighted by atomic mass is 127. The number of hydrogen-bond acceptors (Lipinski definition) is 2. The summed E-state index contributed by atoms with van der Waals surface area (Å²) in [5.74, 6) is 0.840. The zero-order valence-corrected chi connectivity index (χ0v) is 38.0. The molecule has 53 heavy (non-hydrogen) atoms. The molecular formula is C49H70BIN2. The standard InChI is InChI=1S/C49H70BIN2/c1-14-31(3)19-17-16-18-20-44(51)53-40-25-35-29-46(6,7)28-34(35)24-38(40)50-39-26-36-37(48(10,11)22-21-47(36,8)9)27-41(39)52(33(5)15-2)42-23-32(4)49(12,13)30-43(53)45(42)50/h23-27,30-31,33,44H,14-22,28-29H2,1-13H3/t31-,33+,44-/m0/s1. The van der Waals surface area contributed by atoms with Crippen molar-refractivity contribution >= 4 is 51.6 Å². The van der Waals surface area contributed by atoms with Gasteiger partial charge in [-0.15, -0.1) is 0 Å². The number of anilines is 2. The molecule has 2 aliphatic heterocycles. The summed E-state index contributed by atoms with van der Waals surface area (Å²) >= 11 is 2.84. The van der Waals surface area contributed by atoms with Gasteiger partial charge in [0.15, 0.2) is 0 Å². The normalized spacial score (nSPS) is 23.2. The fourth-order valence-electron chi connectivity index (χ4n) is 10.5. The van der Waals surface area contributed by atoms with Crippen LogP contribution >= 0.6 is 22.6 Å². The molecule has 2 nitrogen and oxygen atoms in total. The van der Waals surface area contributed by atoms with Crippen molar-refractivity contribution in [2.75, 3.05) is 9.80 Å². The van der Waals surface area contributed by atoms with Gasteiger partial charge < -0.3 is 9.80 Å². The van der Waals surface area contributed by atoms with Crippen LogP contribution in [-0.2, 0) is 23.7 Å². The predicted octanol–water partition coefficient (Wildman–Crippen LogP) is 12.6. The van der Waals surface area contributed by atoms with E-state index >= 15 is 0 Å². The Morgan fingerprint density at radius 3 is 1.96 bits per heavy atom. The average Bonchev–Trinajstić information content (AvgIpc) is 3.35. The van der Waals surface area contributed by atoms with E-state index in [1.807, 2.05) is 0 Å². The smallest absolute Gasteiger partial charge is 0.252 e. The number of allylic oxidation sites excluding steroid dienone is 4. The first kappa shape index (κ1) is 39.3. The minimum atomic E-state index is -0.0606. The van der Waals surface area contributed by atoms with Crippen molar-refractivity contribution < 1.29 is 0 Å². The molecule has 0 radical (unpaired) electrons. The van der Waals surface area contributed by atoms with Crippen molar-refractivity contribution in [3.8, 4) is 0 Å². The number of halogens is 1. The molecular weight excluding hydrogens is 754 g/mol. The molecule has 0 aromatic heterocycles. The first-order chi connectivity index (χ1) is 24.8. The van der Waals surface area contributed by atoms with Crippen molar-refractivity contribution in [3.05, 3.63) is 81.1 Å². The zero-order chi connectivity index (χ0) is 38.4. The molecule has 0 amide bonds. The van der Waals surface area contributed by atoms with Crippen molar-refractivity contribution in [3.63, 3.8) is 0 Å². The maximum absolute atomic E-state index is 2.85. The van der Waals surface area contributed by atoms with Gasteiger partial charge in [-0.05, 0) is 131 Å². The Kier molecular flexibility index (Phi) is 10.3. The summed E-state index contributed by atoms with van der Waals surface area (Å²) in [4.78, 5) is 5.65. The maximum atomic E-state index is 2.85. The zero-order valence-electron chi connectivity index (χ0n) is 35.8. The quantitative estimate of drug-likeness (QED) is 0.0774. The fourth-order valence-corrected chi connectivity index (χ4v) is 11.5. The molecule has 0 N–H and O–H groups in total. The van der Waals surface area contributed by atoms with Gasteiger partial charge in [-0.1, -0.05) is 155 Å². The van der Waals surface area contributed by atoms with Gasteiger partial charge in [0.2, 0.25) is 0 Å². The highest BCUT2D eigenvalue weighted by Gasteiger charge is 2.50. The summed E-state index contributed by atoms with van der Waals surface area (Å²) in [6.45, 7) is 32.1. The molecule has 3 aliphatic carbocycles. The van der Waals surface area contributed by atoms with Crippen LogP contribution in [0.15, 0.2) is 58.9 Å². The van der Waals surface area contributed by atoms with Crippen LogP contribution in [0.1, 0.15) is 170 Å². The van der Waals surface area contributed by atoms with Crippen LogP contribution in [0.5, 0.6) is 0 Å². The molecule has 0 spiro atoms. The van der Waals surface area contributed by atoms with Crippen LogP contribution in [0.25, 0.3) is 0 Å². The van der Waals surface area contributed by atoms with Crippen LogP contribution in [0.3, 0.4) is 0 Å². The van der Waals surface area contributed by atoms with E-state index in [9.17, 15) is 0 Å². The highest BCUT2D eigenvalue weighted by molar-refractivity contribution is 14.1. The van der Waals surface area contributed by atoms with Crippen LogP contribution < -0.4 is 20.7 Å². The largest absolute Gasteiger partial charge is 0.339 e. The highest BCUT2D eigenvalue weighted by Crippen LogP contribution is 2.52. The van der Waals surface area contributed by atoms with Crippen LogP contribution in [0.4, 0.5) is 11.4 Å². The minimum Gasteiger partial charge on any atom is -0.339 e. The number of rotatable bonds is 10. The molecule has 2 heterocycles. The summed E-state index contributed by atoms with van der Waals surface area (Å²) in [6, 6.07) is 11.2. The Bertz CT molecular complexity index is 1870. The lowest BCUT2D eigenvalue weighted by atomic mass is 9.32. The molecule has 0 fully saturated rings. The van der Waals surface area contributed by atoms with Gasteiger partial charge in [-0.25, -0.2) is 0 Å². The molecule has 4 heteroatoms. The second kappa shape index (κ2) is 13.9. The number of alkyl halides is 1. The van der Waals surface area contributed by atoms with Gasteiger partial charge in [-0.2, -0.15) is 0 Å². The summed E-state index contributed by atoms with van der Waals surface area (Å²) in [5.41, 5.74) is 18.9. The first-order valence-electron chi connectivity index (χ1n) is 21.5. The second-order valence-electron chi connectivity index (χ2n) is 20.8. The summed E-state index contributed by atoms with van der Waals surface area (Å²) in [6.07, 6.45) is 19.1. The van der Waals surface area contributed by atoms with Gasteiger partial charge in [0.05, 0.1) is 4.05 Å². The summed E-state index contributed by atoms with van der Waals surface area (Å²) in [7, 11) is 0. The summed E-state index contributed by atoms with van der Waals surface area (Å²) < 4.78 is 0.388. The van der Waals surface area contributed by atoms with Crippen molar-refractivity contribution in [2.45, 2.75) is 182 Å². The second-order valence-corrected chi connectivity index (χ2v) is 22.3. The number of fused-ring (bicyclic) bond motifs is 6. The van der Waals surface area contributed by atoms with Gasteiger partial charge in [0, 0.05) is 34.2 Å². The van der Waals surface area contributed by atoms with Gasteiger partial charge in [0.25, 0.3) is 6.71 Å². The number of unbranched alkanes of at least 4 members (excludes halogenated alkanes) is 2. The topological polar surface area (TPSA) is 6.48 Å². The van der Waals surface area contributed by atoms with E-state index in [0.29, 0.717) is 15.5 Å². The molecule has 2 aromatic rings. The lowest BCUT2D eigenvalue weighted by molar-refractivity contribution is 0.332. The number of hydrogen-bond donors (Lipinski definition) is 0. The van der Waals surface area contributed by atoms with E-state index < -0.39 is 0 Å². The van der Waals surface area contributed by atoms with Gasteiger partial charge in [0.1, 0.15) is 0 Å². The molecule has 0 saturated heterocycles. The third-order valence-electron chi connectivity index (χ3n) is 14.7. The average molecular weight is 825 g/mol. The third-order valence-corrected chi connectivity index (χ3v) is 15.9. The minimum absolute atomic E-state index is 0.0606. The Balaban J connectivity index is 1.50. The van der Waals surface area contributed by atoms with E-state index in [1.54, 1.807) is 38.7 Å². The molecule has 3 atom stereocenters. The lowest BCUT2D eigenvalue weighted by Gasteiger charge is -2.50. The Hall–Kier alpha value is -1.95. The first-order valence-corrected chi connectivity index (χ1v) is 22.8. The summed E-state index contributed by atoms with van der Waals surface area (Å²) in [5, 5.41) is 0. The van der Waals surface area contributed by atoms with Crippen LogP contribution in [0, 0.1) is 16.7 Å². The molecule has 0 bridgehead atoms. The Morgan fingerprint density at radius 2 is 1.32 bits per heavy atom. The van der Waals surface area contributed by atoms with Crippen molar-refractivity contribution in [2.24, 2.45) is 16.7 Å². The molecule has 2 aromatic carbocycles. The Morgan fingerprint density at radius 1 is 0.736 bits per heavy atom. The van der Waals surface area contributed by atoms with Crippen molar-refractivity contribution in [1.29, 1.82) is 0 Å². The molecule has 5 aliphatic rings. The van der Waals surface area contributed by atoms with Gasteiger partial charge >= 0.3 is 0 Å². The van der Waals surface area contributed by atoms with E-state index in [4.69, 9.17) is 0 Å². The SMILES string of the molecule is CC[C@H](C)CCCCC[C@@H](I)N1C2=CC(C)(C)C(C)=CC3=C2B(c2cc4c(cc2N3[C@H](C)CC)C(C)(C)CCC4(C)C)c2cc3c(cc21)CC(C)(C)C3. The van der Waals surface area contributed by atoms with Crippen LogP contribution in [-0.4, -0.2) is 16.8 Å². The van der Waals surface area contributed by atoms with E-state index in [2.05, 4.69) is 159 Å². The van der Waals surface area contributed by atoms with Crippen LogP contribution in [0.2, 0.25) is 0 Å². The number of nitrogens with zero attached hydrogens (tertiary/aromatic N) is 2. The predicted molar refractivity (Wildman–Crippen MR) is 242 cm³/mol. The van der Waals surface area contributed by atoms with E-state index in [0.717, 1.165) is 12.3 Å². The molecule has 0 saturated carbocycles. The monoisotopic (exact) mass is 824 g/mol. The van der Waals surface area contributed by atoms with E-state index in [-0.39, 0.29) is 23.0 Å².